The predicted octanol–water partition coefficient (Wildman–Crippen LogP) is 4.76. The summed E-state index contributed by atoms with van der Waals surface area (Å²) in [6, 6.07) is 0.686. The molecule has 0 radical (unpaired) electrons. The summed E-state index contributed by atoms with van der Waals surface area (Å²) in [6.45, 7) is 12.8. The monoisotopic (exact) mass is 227 g/mol. The molecule has 0 spiro atoms. The third-order valence-corrected chi connectivity index (χ3v) is 3.38. The molecule has 1 atom stereocenters. The molecule has 0 saturated carbocycles. The summed E-state index contributed by atoms with van der Waals surface area (Å²) < 4.78 is 0. The van der Waals surface area contributed by atoms with E-state index in [1.54, 1.807) is 0 Å². The minimum absolute atomic E-state index is 0.468. The average molecular weight is 227 g/mol. The minimum atomic E-state index is 0.468. The van der Waals surface area contributed by atoms with Gasteiger partial charge < -0.3 is 5.32 Å². The van der Waals surface area contributed by atoms with E-state index in [1.807, 2.05) is 0 Å². The third kappa shape index (κ3) is 9.21. The summed E-state index contributed by atoms with van der Waals surface area (Å²) >= 11 is 0. The van der Waals surface area contributed by atoms with Gasteiger partial charge in [0.1, 0.15) is 0 Å². The second kappa shape index (κ2) is 9.04. The van der Waals surface area contributed by atoms with Crippen LogP contribution in [-0.4, -0.2) is 12.6 Å². The lowest BCUT2D eigenvalue weighted by Crippen LogP contribution is -2.35. The Morgan fingerprint density at radius 1 is 1.00 bits per heavy atom. The molecule has 0 aliphatic heterocycles. The van der Waals surface area contributed by atoms with Gasteiger partial charge in [0, 0.05) is 12.6 Å². The van der Waals surface area contributed by atoms with Crippen LogP contribution in [0.5, 0.6) is 0 Å². The molecule has 1 heteroatoms. The Bertz CT molecular complexity index is 152. The smallest absolute Gasteiger partial charge is 0.00389 e. The highest BCUT2D eigenvalue weighted by molar-refractivity contribution is 4.73. The Morgan fingerprint density at radius 3 is 2.19 bits per heavy atom. The first-order valence-corrected chi connectivity index (χ1v) is 7.25. The van der Waals surface area contributed by atoms with E-state index < -0.39 is 0 Å². The van der Waals surface area contributed by atoms with Crippen LogP contribution in [0.1, 0.15) is 79.6 Å². The highest BCUT2D eigenvalue weighted by Gasteiger charge is 2.17. The first kappa shape index (κ1) is 16.0. The number of rotatable bonds is 10. The highest BCUT2D eigenvalue weighted by Crippen LogP contribution is 2.23. The second-order valence-electron chi connectivity index (χ2n) is 6.05. The predicted molar refractivity (Wildman–Crippen MR) is 74.9 cm³/mol. The van der Waals surface area contributed by atoms with Crippen molar-refractivity contribution in [3.05, 3.63) is 0 Å². The van der Waals surface area contributed by atoms with E-state index in [9.17, 15) is 0 Å². The summed E-state index contributed by atoms with van der Waals surface area (Å²) in [5, 5.41) is 3.68. The fraction of sp³-hybridized carbons (Fsp3) is 1.00. The van der Waals surface area contributed by atoms with Gasteiger partial charge in [-0.05, 0) is 25.2 Å². The topological polar surface area (TPSA) is 12.0 Å². The van der Waals surface area contributed by atoms with Gasteiger partial charge in [-0.1, -0.05) is 59.8 Å². The van der Waals surface area contributed by atoms with Crippen LogP contribution in [0.2, 0.25) is 0 Å². The number of hydrogen-bond acceptors (Lipinski definition) is 1. The highest BCUT2D eigenvalue weighted by atomic mass is 14.9. The van der Waals surface area contributed by atoms with Gasteiger partial charge in [0.2, 0.25) is 0 Å². The Morgan fingerprint density at radius 2 is 1.62 bits per heavy atom. The van der Waals surface area contributed by atoms with Crippen LogP contribution >= 0.6 is 0 Å². The van der Waals surface area contributed by atoms with Crippen LogP contribution in [0.3, 0.4) is 0 Å². The molecule has 1 unspecified atom stereocenters. The third-order valence-electron chi connectivity index (χ3n) is 3.38. The van der Waals surface area contributed by atoms with Crippen molar-refractivity contribution < 1.29 is 0 Å². The maximum Gasteiger partial charge on any atom is 0.00389 e. The molecule has 0 aromatic rings. The molecule has 98 valence electrons. The van der Waals surface area contributed by atoms with Gasteiger partial charge in [-0.25, -0.2) is 0 Å². The first-order valence-electron chi connectivity index (χ1n) is 7.25. The largest absolute Gasteiger partial charge is 0.314 e. The summed E-state index contributed by atoms with van der Waals surface area (Å²) in [4.78, 5) is 0. The van der Waals surface area contributed by atoms with Gasteiger partial charge in [-0.3, -0.25) is 0 Å². The van der Waals surface area contributed by atoms with Crippen molar-refractivity contribution in [2.75, 3.05) is 6.54 Å². The summed E-state index contributed by atoms with van der Waals surface area (Å²) in [6.07, 6.45) is 9.44. The van der Waals surface area contributed by atoms with E-state index in [4.69, 9.17) is 0 Å². The molecule has 1 N–H and O–H groups in total. The molecule has 0 aromatic carbocycles. The molecule has 0 saturated heterocycles. The molecular weight excluding hydrogens is 194 g/mol. The molecule has 0 aliphatic carbocycles. The van der Waals surface area contributed by atoms with Crippen molar-refractivity contribution in [1.29, 1.82) is 0 Å². The van der Waals surface area contributed by atoms with Gasteiger partial charge >= 0.3 is 0 Å². The molecule has 0 rings (SSSR count). The first-order chi connectivity index (χ1) is 7.52. The van der Waals surface area contributed by atoms with Crippen LogP contribution in [0.4, 0.5) is 0 Å². The van der Waals surface area contributed by atoms with Gasteiger partial charge in [0.05, 0.1) is 0 Å². The Balaban J connectivity index is 3.62. The zero-order valence-electron chi connectivity index (χ0n) is 12.2. The Kier molecular flexibility index (Phi) is 9.02. The maximum atomic E-state index is 3.68. The van der Waals surface area contributed by atoms with Crippen molar-refractivity contribution in [3.8, 4) is 0 Å². The molecule has 1 nitrogen and oxygen atoms in total. The van der Waals surface area contributed by atoms with E-state index in [-0.39, 0.29) is 0 Å². The van der Waals surface area contributed by atoms with E-state index in [1.165, 1.54) is 51.5 Å². The zero-order chi connectivity index (χ0) is 12.4. The average Bonchev–Trinajstić information content (AvgIpc) is 2.24. The van der Waals surface area contributed by atoms with Crippen LogP contribution < -0.4 is 5.32 Å². The lowest BCUT2D eigenvalue weighted by atomic mass is 9.86. The second-order valence-corrected chi connectivity index (χ2v) is 6.05. The Labute approximate surface area is 103 Å². The summed E-state index contributed by atoms with van der Waals surface area (Å²) in [5.74, 6) is 0. The van der Waals surface area contributed by atoms with Crippen LogP contribution in [0, 0.1) is 5.41 Å². The summed E-state index contributed by atoms with van der Waals surface area (Å²) in [5.41, 5.74) is 0.468. The zero-order valence-corrected chi connectivity index (χ0v) is 12.2. The number of unbranched alkanes of at least 4 members (excludes halogenated alkanes) is 3. The molecule has 0 heterocycles. The summed E-state index contributed by atoms with van der Waals surface area (Å²) in [7, 11) is 0. The van der Waals surface area contributed by atoms with Crippen molar-refractivity contribution in [2.45, 2.75) is 85.6 Å². The molecule has 0 aromatic heterocycles. The van der Waals surface area contributed by atoms with E-state index in [2.05, 4.69) is 39.9 Å². The molecule has 0 bridgehead atoms. The van der Waals surface area contributed by atoms with Crippen LogP contribution in [0.25, 0.3) is 0 Å². The minimum Gasteiger partial charge on any atom is -0.314 e. The van der Waals surface area contributed by atoms with Gasteiger partial charge in [-0.15, -0.1) is 0 Å². The van der Waals surface area contributed by atoms with Crippen LogP contribution in [0.15, 0.2) is 0 Å². The lowest BCUT2D eigenvalue weighted by Gasteiger charge is -2.27. The molecule has 0 fully saturated rings. The maximum absolute atomic E-state index is 3.68. The van der Waals surface area contributed by atoms with Crippen molar-refractivity contribution in [1.82, 2.24) is 5.32 Å². The normalized spacial score (nSPS) is 14.1. The molecular formula is C15H33N. The van der Waals surface area contributed by atoms with E-state index in [0.29, 0.717) is 11.5 Å². The van der Waals surface area contributed by atoms with Gasteiger partial charge in [0.25, 0.3) is 0 Å². The fourth-order valence-electron chi connectivity index (χ4n) is 2.00. The Hall–Kier alpha value is -0.0400. The van der Waals surface area contributed by atoms with E-state index in [0.717, 1.165) is 0 Å². The lowest BCUT2D eigenvalue weighted by molar-refractivity contribution is 0.286. The molecule has 0 amide bonds. The van der Waals surface area contributed by atoms with Crippen molar-refractivity contribution in [3.63, 3.8) is 0 Å². The number of nitrogens with one attached hydrogen (secondary N) is 1. The number of hydrogen-bond donors (Lipinski definition) is 1. The van der Waals surface area contributed by atoms with Crippen molar-refractivity contribution >= 4 is 0 Å². The molecule has 0 aliphatic rings. The van der Waals surface area contributed by atoms with E-state index >= 15 is 0 Å². The van der Waals surface area contributed by atoms with Crippen molar-refractivity contribution in [2.24, 2.45) is 5.41 Å². The fourth-order valence-corrected chi connectivity index (χ4v) is 2.00. The SMILES string of the molecule is CCCCCC(C)(C)CNC(C)CCCC. The standard InChI is InChI=1S/C15H33N/c1-6-8-10-12-15(4,5)13-16-14(3)11-9-7-2/h14,16H,6-13H2,1-5H3. The quantitative estimate of drug-likeness (QED) is 0.531. The van der Waals surface area contributed by atoms with Gasteiger partial charge in [-0.2, -0.15) is 0 Å². The molecule has 16 heavy (non-hydrogen) atoms. The van der Waals surface area contributed by atoms with Gasteiger partial charge in [0.15, 0.2) is 0 Å². The van der Waals surface area contributed by atoms with Crippen LogP contribution in [-0.2, 0) is 0 Å².